The maximum absolute atomic E-state index is 5.16. The Hall–Kier alpha value is -5.12. The first-order valence-corrected chi connectivity index (χ1v) is 14.6. The molecule has 3 heteroatoms. The number of aromatic nitrogens is 2. The Kier molecular flexibility index (Phi) is 5.68. The summed E-state index contributed by atoms with van der Waals surface area (Å²) in [6.45, 7) is 0. The summed E-state index contributed by atoms with van der Waals surface area (Å²) in [5.41, 5.74) is 10.4. The maximum Gasteiger partial charge on any atom is 0.0973 e. The van der Waals surface area contributed by atoms with E-state index < -0.39 is 0 Å². The lowest BCUT2D eigenvalue weighted by Gasteiger charge is -2.12. The fourth-order valence-electron chi connectivity index (χ4n) is 5.59. The third-order valence-electron chi connectivity index (χ3n) is 7.69. The van der Waals surface area contributed by atoms with Crippen molar-refractivity contribution in [1.29, 1.82) is 0 Å². The smallest absolute Gasteiger partial charge is 0.0973 e. The highest BCUT2D eigenvalue weighted by Crippen LogP contribution is 2.37. The molecule has 0 fully saturated rings. The van der Waals surface area contributed by atoms with Gasteiger partial charge < -0.3 is 0 Å². The minimum absolute atomic E-state index is 0.889. The van der Waals surface area contributed by atoms with Gasteiger partial charge in [-0.3, -0.25) is 0 Å². The van der Waals surface area contributed by atoms with Crippen LogP contribution in [0.5, 0.6) is 0 Å². The molecule has 0 N–H and O–H groups in total. The van der Waals surface area contributed by atoms with Crippen LogP contribution in [0, 0.1) is 0 Å². The van der Waals surface area contributed by atoms with Crippen molar-refractivity contribution in [3.8, 4) is 44.8 Å². The zero-order valence-electron chi connectivity index (χ0n) is 22.2. The predicted octanol–water partition coefficient (Wildman–Crippen LogP) is 10.7. The summed E-state index contributed by atoms with van der Waals surface area (Å²) in [4.78, 5) is 10.3. The molecule has 0 bridgehead atoms. The highest BCUT2D eigenvalue weighted by Gasteiger charge is 2.14. The number of hydrogen-bond acceptors (Lipinski definition) is 3. The molecule has 0 aliphatic carbocycles. The third-order valence-corrected chi connectivity index (χ3v) is 8.84. The van der Waals surface area contributed by atoms with E-state index >= 15 is 0 Å². The number of thiophene rings is 1. The molecule has 8 rings (SSSR count). The van der Waals surface area contributed by atoms with E-state index in [0.29, 0.717) is 0 Å². The van der Waals surface area contributed by atoms with E-state index in [0.717, 1.165) is 44.7 Å². The number of fused-ring (bicyclic) bond motifs is 4. The average Bonchev–Trinajstić information content (AvgIpc) is 3.43. The van der Waals surface area contributed by atoms with Crippen LogP contribution in [0.3, 0.4) is 0 Å². The zero-order chi connectivity index (χ0) is 27.2. The fraction of sp³-hybridized carbons (Fsp3) is 0. The van der Waals surface area contributed by atoms with Crippen molar-refractivity contribution in [2.45, 2.75) is 0 Å². The normalized spacial score (nSPS) is 11.4. The van der Waals surface area contributed by atoms with Gasteiger partial charge in [0.25, 0.3) is 0 Å². The van der Waals surface area contributed by atoms with Crippen LogP contribution >= 0.6 is 11.3 Å². The molecule has 6 aromatic carbocycles. The van der Waals surface area contributed by atoms with Gasteiger partial charge in [0.15, 0.2) is 0 Å². The zero-order valence-corrected chi connectivity index (χ0v) is 23.0. The Morgan fingerprint density at radius 1 is 0.341 bits per heavy atom. The highest BCUT2D eigenvalue weighted by atomic mass is 32.1. The van der Waals surface area contributed by atoms with Gasteiger partial charge >= 0.3 is 0 Å². The van der Waals surface area contributed by atoms with Crippen molar-refractivity contribution in [1.82, 2.24) is 9.97 Å². The Bertz CT molecular complexity index is 2180. The van der Waals surface area contributed by atoms with Crippen molar-refractivity contribution in [2.24, 2.45) is 0 Å². The summed E-state index contributed by atoms with van der Waals surface area (Å²) in [6, 6.07) is 51.3. The summed E-state index contributed by atoms with van der Waals surface area (Å²) in [5, 5.41) is 2.65. The van der Waals surface area contributed by atoms with E-state index in [9.17, 15) is 0 Å². The van der Waals surface area contributed by atoms with Gasteiger partial charge in [-0.1, -0.05) is 115 Å². The van der Waals surface area contributed by atoms with Gasteiger partial charge in [-0.05, 0) is 52.6 Å². The van der Waals surface area contributed by atoms with Crippen molar-refractivity contribution >= 4 is 42.5 Å². The van der Waals surface area contributed by atoms with E-state index in [1.54, 1.807) is 0 Å². The molecular weight excluding hydrogens is 516 g/mol. The quantitative estimate of drug-likeness (QED) is 0.222. The van der Waals surface area contributed by atoms with Crippen LogP contribution in [0.25, 0.3) is 76.0 Å². The van der Waals surface area contributed by atoms with E-state index in [4.69, 9.17) is 9.97 Å². The maximum atomic E-state index is 5.16. The Balaban J connectivity index is 1.18. The van der Waals surface area contributed by atoms with Crippen LogP contribution in [0.1, 0.15) is 0 Å². The van der Waals surface area contributed by atoms with Crippen LogP contribution in [0.2, 0.25) is 0 Å². The molecule has 2 heterocycles. The molecule has 8 aromatic rings. The second-order valence-electron chi connectivity index (χ2n) is 10.2. The van der Waals surface area contributed by atoms with Gasteiger partial charge in [-0.2, -0.15) is 0 Å². The molecule has 0 saturated carbocycles. The molecule has 0 radical (unpaired) electrons. The van der Waals surface area contributed by atoms with Gasteiger partial charge in [-0.15, -0.1) is 11.3 Å². The molecule has 41 heavy (non-hydrogen) atoms. The van der Waals surface area contributed by atoms with Crippen LogP contribution in [0.4, 0.5) is 0 Å². The summed E-state index contributed by atoms with van der Waals surface area (Å²) in [7, 11) is 0. The van der Waals surface area contributed by atoms with E-state index in [2.05, 4.69) is 109 Å². The lowest BCUT2D eigenvalue weighted by molar-refractivity contribution is 1.29. The summed E-state index contributed by atoms with van der Waals surface area (Å²) in [6.07, 6.45) is 0. The topological polar surface area (TPSA) is 25.8 Å². The van der Waals surface area contributed by atoms with Crippen LogP contribution in [-0.4, -0.2) is 9.97 Å². The number of rotatable bonds is 4. The SMILES string of the molecule is c1ccc(-c2nc3ccc(-c4ccc(-c5ccc6sc7ccccc7c6c5)cc4)cc3nc2-c2ccccc2)cc1. The van der Waals surface area contributed by atoms with Crippen molar-refractivity contribution in [3.63, 3.8) is 0 Å². The first-order chi connectivity index (χ1) is 20.3. The molecule has 0 aliphatic heterocycles. The first-order valence-electron chi connectivity index (χ1n) is 13.7. The second-order valence-corrected chi connectivity index (χ2v) is 11.3. The van der Waals surface area contributed by atoms with Gasteiger partial charge in [0.2, 0.25) is 0 Å². The van der Waals surface area contributed by atoms with E-state index in [1.807, 2.05) is 47.7 Å². The Morgan fingerprint density at radius 3 is 1.54 bits per heavy atom. The van der Waals surface area contributed by atoms with Gasteiger partial charge in [-0.25, -0.2) is 9.97 Å². The standard InChI is InChI=1S/C38H24N2S/c1-3-9-27(10-4-1)37-38(28-11-5-2-6-12-28)40-34-24-30(19-21-33(34)39-37)26-17-15-25(16-18-26)29-20-22-36-32(23-29)31-13-7-8-14-35(31)41-36/h1-24H. The number of hydrogen-bond donors (Lipinski definition) is 0. The lowest BCUT2D eigenvalue weighted by Crippen LogP contribution is -1.95. The molecule has 0 unspecified atom stereocenters. The van der Waals surface area contributed by atoms with Crippen LogP contribution in [0.15, 0.2) is 146 Å². The monoisotopic (exact) mass is 540 g/mol. The van der Waals surface area contributed by atoms with Crippen molar-refractivity contribution in [3.05, 3.63) is 146 Å². The fourth-order valence-corrected chi connectivity index (χ4v) is 6.68. The van der Waals surface area contributed by atoms with Crippen molar-refractivity contribution in [2.75, 3.05) is 0 Å². The minimum atomic E-state index is 0.889. The third kappa shape index (κ3) is 4.28. The van der Waals surface area contributed by atoms with Crippen molar-refractivity contribution < 1.29 is 0 Å². The van der Waals surface area contributed by atoms with Crippen LogP contribution < -0.4 is 0 Å². The minimum Gasteiger partial charge on any atom is -0.244 e. The lowest BCUT2D eigenvalue weighted by atomic mass is 9.98. The average molecular weight is 541 g/mol. The van der Waals surface area contributed by atoms with E-state index in [1.165, 1.54) is 31.3 Å². The molecule has 192 valence electrons. The van der Waals surface area contributed by atoms with E-state index in [-0.39, 0.29) is 0 Å². The summed E-state index contributed by atoms with van der Waals surface area (Å²) >= 11 is 1.85. The number of benzene rings is 6. The molecule has 0 amide bonds. The molecule has 0 atom stereocenters. The second kappa shape index (κ2) is 9.81. The molecule has 0 aliphatic rings. The molecule has 0 spiro atoms. The molecule has 0 saturated heterocycles. The summed E-state index contributed by atoms with van der Waals surface area (Å²) < 4.78 is 2.66. The van der Waals surface area contributed by atoms with Gasteiger partial charge in [0, 0.05) is 31.3 Å². The van der Waals surface area contributed by atoms with Gasteiger partial charge in [0.1, 0.15) is 0 Å². The highest BCUT2D eigenvalue weighted by molar-refractivity contribution is 7.25. The Morgan fingerprint density at radius 2 is 0.854 bits per heavy atom. The Labute approximate surface area is 242 Å². The molecule has 2 nitrogen and oxygen atoms in total. The molecular formula is C38H24N2S. The van der Waals surface area contributed by atoms with Gasteiger partial charge in [0.05, 0.1) is 22.4 Å². The largest absolute Gasteiger partial charge is 0.244 e. The summed E-state index contributed by atoms with van der Waals surface area (Å²) in [5.74, 6) is 0. The molecule has 2 aromatic heterocycles. The number of nitrogens with zero attached hydrogens (tertiary/aromatic N) is 2. The van der Waals surface area contributed by atoms with Crippen LogP contribution in [-0.2, 0) is 0 Å². The first kappa shape index (κ1) is 23.7. The predicted molar refractivity (Wildman–Crippen MR) is 174 cm³/mol.